The molecule has 0 aromatic heterocycles. The van der Waals surface area contributed by atoms with Crippen LogP contribution in [0.25, 0.3) is 0 Å². The number of hydrogen-bond donors (Lipinski definition) is 2. The number of rotatable bonds is 2. The molecule has 1 unspecified atom stereocenters. The Bertz CT molecular complexity index is 238. The average molecular weight is 224 g/mol. The van der Waals surface area contributed by atoms with Gasteiger partial charge in [0.2, 0.25) is 0 Å². The van der Waals surface area contributed by atoms with Crippen molar-refractivity contribution >= 4 is 0 Å². The SMILES string of the molecule is O[C@H]1CCCC[C@@H]1NC1CN2CCC1CC2. The fourth-order valence-electron chi connectivity index (χ4n) is 3.73. The van der Waals surface area contributed by atoms with Crippen LogP contribution < -0.4 is 5.32 Å². The number of hydrogen-bond acceptors (Lipinski definition) is 3. The number of aliphatic hydroxyl groups is 1. The summed E-state index contributed by atoms with van der Waals surface area (Å²) in [4.78, 5) is 2.58. The Balaban J connectivity index is 1.57. The minimum Gasteiger partial charge on any atom is -0.392 e. The summed E-state index contributed by atoms with van der Waals surface area (Å²) < 4.78 is 0. The lowest BCUT2D eigenvalue weighted by Gasteiger charge is -2.47. The van der Waals surface area contributed by atoms with Gasteiger partial charge in [-0.15, -0.1) is 0 Å². The van der Waals surface area contributed by atoms with Gasteiger partial charge in [-0.25, -0.2) is 0 Å². The molecule has 16 heavy (non-hydrogen) atoms. The summed E-state index contributed by atoms with van der Waals surface area (Å²) in [5, 5.41) is 13.7. The molecule has 3 saturated heterocycles. The van der Waals surface area contributed by atoms with Crippen LogP contribution in [0.3, 0.4) is 0 Å². The van der Waals surface area contributed by atoms with Gasteiger partial charge >= 0.3 is 0 Å². The van der Waals surface area contributed by atoms with Crippen LogP contribution in [0.15, 0.2) is 0 Å². The summed E-state index contributed by atoms with van der Waals surface area (Å²) in [5.41, 5.74) is 0. The fourth-order valence-corrected chi connectivity index (χ4v) is 3.73. The van der Waals surface area contributed by atoms with Crippen LogP contribution in [-0.4, -0.2) is 47.8 Å². The molecule has 4 aliphatic rings. The van der Waals surface area contributed by atoms with Gasteiger partial charge in [-0.3, -0.25) is 0 Å². The van der Waals surface area contributed by atoms with Gasteiger partial charge in [0.1, 0.15) is 0 Å². The van der Waals surface area contributed by atoms with Gasteiger partial charge in [-0.2, -0.15) is 0 Å². The Labute approximate surface area is 98.2 Å². The van der Waals surface area contributed by atoms with Crippen LogP contribution in [0.1, 0.15) is 38.5 Å². The first-order valence-corrected chi connectivity index (χ1v) is 6.99. The molecule has 0 aromatic carbocycles. The van der Waals surface area contributed by atoms with Crippen LogP contribution in [-0.2, 0) is 0 Å². The second-order valence-electron chi connectivity index (χ2n) is 5.87. The molecule has 2 N–H and O–H groups in total. The highest BCUT2D eigenvalue weighted by atomic mass is 16.3. The van der Waals surface area contributed by atoms with E-state index in [0.717, 1.165) is 12.3 Å². The van der Waals surface area contributed by atoms with Crippen molar-refractivity contribution in [2.45, 2.75) is 56.7 Å². The maximum atomic E-state index is 9.99. The summed E-state index contributed by atoms with van der Waals surface area (Å²) in [6.07, 6.45) is 7.30. The van der Waals surface area contributed by atoms with Gasteiger partial charge in [0.25, 0.3) is 0 Å². The van der Waals surface area contributed by atoms with Gasteiger partial charge in [-0.1, -0.05) is 12.8 Å². The third-order valence-corrected chi connectivity index (χ3v) is 4.81. The van der Waals surface area contributed by atoms with Crippen molar-refractivity contribution in [2.75, 3.05) is 19.6 Å². The quantitative estimate of drug-likeness (QED) is 0.734. The highest BCUT2D eigenvalue weighted by Crippen LogP contribution is 2.29. The minimum atomic E-state index is -0.0933. The zero-order valence-corrected chi connectivity index (χ0v) is 10.1. The summed E-state index contributed by atoms with van der Waals surface area (Å²) >= 11 is 0. The second kappa shape index (κ2) is 4.63. The van der Waals surface area contributed by atoms with E-state index in [2.05, 4.69) is 10.2 Å². The molecule has 3 atom stereocenters. The third-order valence-electron chi connectivity index (χ3n) is 4.81. The molecule has 1 saturated carbocycles. The predicted molar refractivity (Wildman–Crippen MR) is 64.4 cm³/mol. The van der Waals surface area contributed by atoms with Crippen LogP contribution in [0.2, 0.25) is 0 Å². The third kappa shape index (κ3) is 2.13. The first kappa shape index (κ1) is 11.0. The van der Waals surface area contributed by atoms with E-state index in [4.69, 9.17) is 0 Å². The first-order valence-electron chi connectivity index (χ1n) is 6.99. The molecule has 4 fully saturated rings. The van der Waals surface area contributed by atoms with Gasteiger partial charge < -0.3 is 15.3 Å². The Morgan fingerprint density at radius 3 is 2.31 bits per heavy atom. The molecule has 3 nitrogen and oxygen atoms in total. The number of piperidine rings is 3. The zero-order valence-electron chi connectivity index (χ0n) is 10.1. The van der Waals surface area contributed by atoms with Crippen LogP contribution >= 0.6 is 0 Å². The lowest BCUT2D eigenvalue weighted by Crippen LogP contribution is -2.60. The van der Waals surface area contributed by atoms with Crippen molar-refractivity contribution in [3.63, 3.8) is 0 Å². The summed E-state index contributed by atoms with van der Waals surface area (Å²) in [5.74, 6) is 0.874. The zero-order chi connectivity index (χ0) is 11.0. The maximum absolute atomic E-state index is 9.99. The smallest absolute Gasteiger partial charge is 0.0693 e. The number of aliphatic hydroxyl groups excluding tert-OH is 1. The van der Waals surface area contributed by atoms with Crippen molar-refractivity contribution < 1.29 is 5.11 Å². The molecule has 1 aliphatic carbocycles. The molecule has 3 heteroatoms. The summed E-state index contributed by atoms with van der Waals surface area (Å²) in [7, 11) is 0. The van der Waals surface area contributed by atoms with E-state index in [0.29, 0.717) is 12.1 Å². The maximum Gasteiger partial charge on any atom is 0.0693 e. The molecular formula is C13H24N2O. The van der Waals surface area contributed by atoms with Crippen molar-refractivity contribution in [1.82, 2.24) is 10.2 Å². The van der Waals surface area contributed by atoms with Crippen molar-refractivity contribution in [1.29, 1.82) is 0 Å². The van der Waals surface area contributed by atoms with E-state index >= 15 is 0 Å². The van der Waals surface area contributed by atoms with E-state index in [-0.39, 0.29) is 6.10 Å². The van der Waals surface area contributed by atoms with Gasteiger partial charge in [-0.05, 0) is 44.7 Å². The molecule has 0 aromatic rings. The standard InChI is InChI=1S/C13H24N2O/c16-13-4-2-1-3-11(13)14-12-9-15-7-5-10(12)6-8-15/h10-14,16H,1-9H2/t11-,12?,13-/m0/s1. The number of nitrogens with one attached hydrogen (secondary N) is 1. The Kier molecular flexibility index (Phi) is 3.18. The van der Waals surface area contributed by atoms with E-state index in [9.17, 15) is 5.11 Å². The molecule has 3 heterocycles. The van der Waals surface area contributed by atoms with E-state index in [1.165, 1.54) is 51.7 Å². The summed E-state index contributed by atoms with van der Waals surface area (Å²) in [6.45, 7) is 3.82. The highest BCUT2D eigenvalue weighted by molar-refractivity contribution is 4.94. The predicted octanol–water partition coefficient (Wildman–Crippen LogP) is 0.974. The van der Waals surface area contributed by atoms with Crippen molar-refractivity contribution in [3.8, 4) is 0 Å². The number of nitrogens with zero attached hydrogens (tertiary/aromatic N) is 1. The first-order chi connectivity index (χ1) is 7.83. The summed E-state index contributed by atoms with van der Waals surface area (Å²) in [6, 6.07) is 1.03. The van der Waals surface area contributed by atoms with Gasteiger partial charge in [0.15, 0.2) is 0 Å². The monoisotopic (exact) mass is 224 g/mol. The molecule has 0 spiro atoms. The average Bonchev–Trinajstić information content (AvgIpc) is 2.34. The minimum absolute atomic E-state index is 0.0933. The van der Waals surface area contributed by atoms with E-state index in [1.807, 2.05) is 0 Å². The fraction of sp³-hybridized carbons (Fsp3) is 1.00. The molecule has 4 rings (SSSR count). The van der Waals surface area contributed by atoms with E-state index in [1.54, 1.807) is 0 Å². The lowest BCUT2D eigenvalue weighted by molar-refractivity contribution is 0.0346. The molecule has 92 valence electrons. The Morgan fingerprint density at radius 2 is 1.69 bits per heavy atom. The van der Waals surface area contributed by atoms with Gasteiger partial charge in [0, 0.05) is 18.6 Å². The Morgan fingerprint density at radius 1 is 0.938 bits per heavy atom. The largest absolute Gasteiger partial charge is 0.392 e. The lowest BCUT2D eigenvalue weighted by atomic mass is 9.82. The van der Waals surface area contributed by atoms with Crippen LogP contribution in [0.4, 0.5) is 0 Å². The second-order valence-corrected chi connectivity index (χ2v) is 5.87. The van der Waals surface area contributed by atoms with Crippen molar-refractivity contribution in [2.24, 2.45) is 5.92 Å². The highest BCUT2D eigenvalue weighted by Gasteiger charge is 2.36. The molecule has 2 bridgehead atoms. The Hall–Kier alpha value is -0.120. The van der Waals surface area contributed by atoms with Crippen molar-refractivity contribution in [3.05, 3.63) is 0 Å². The molecule has 0 amide bonds. The number of fused-ring (bicyclic) bond motifs is 3. The van der Waals surface area contributed by atoms with E-state index < -0.39 is 0 Å². The molecule has 3 aliphatic heterocycles. The molecular weight excluding hydrogens is 200 g/mol. The van der Waals surface area contributed by atoms with Crippen LogP contribution in [0, 0.1) is 5.92 Å². The topological polar surface area (TPSA) is 35.5 Å². The molecule has 0 radical (unpaired) electrons. The normalized spacial score (nSPS) is 48.2. The van der Waals surface area contributed by atoms with Crippen LogP contribution in [0.5, 0.6) is 0 Å². The van der Waals surface area contributed by atoms with Gasteiger partial charge in [0.05, 0.1) is 6.10 Å².